The smallest absolute Gasteiger partial charge is 0.264 e. The molecule has 0 fully saturated rings. The molecule has 7 heteroatoms. The number of rotatable bonds is 6. The van der Waals surface area contributed by atoms with Gasteiger partial charge in [-0.05, 0) is 38.1 Å². The summed E-state index contributed by atoms with van der Waals surface area (Å²) in [6, 6.07) is 6.73. The van der Waals surface area contributed by atoms with Crippen molar-refractivity contribution in [2.24, 2.45) is 0 Å². The highest BCUT2D eigenvalue weighted by Gasteiger charge is 2.18. The van der Waals surface area contributed by atoms with E-state index in [2.05, 4.69) is 15.2 Å². The lowest BCUT2D eigenvalue weighted by Gasteiger charge is -2.07. The zero-order valence-corrected chi connectivity index (χ0v) is 13.1. The van der Waals surface area contributed by atoms with Gasteiger partial charge in [-0.2, -0.15) is 0 Å². The van der Waals surface area contributed by atoms with Crippen LogP contribution in [0.15, 0.2) is 33.7 Å². The van der Waals surface area contributed by atoms with E-state index in [0.717, 1.165) is 12.1 Å². The Balaban J connectivity index is 2.17. The van der Waals surface area contributed by atoms with Gasteiger partial charge < -0.3 is 9.84 Å². The number of nitrogens with zero attached hydrogens (tertiary/aromatic N) is 1. The number of hydrogen-bond acceptors (Lipinski definition) is 5. The predicted molar refractivity (Wildman–Crippen MR) is 80.6 cm³/mol. The summed E-state index contributed by atoms with van der Waals surface area (Å²) in [6.07, 6.45) is 0. The molecule has 21 heavy (non-hydrogen) atoms. The van der Waals surface area contributed by atoms with Gasteiger partial charge in [0.25, 0.3) is 10.0 Å². The van der Waals surface area contributed by atoms with Gasteiger partial charge in [-0.1, -0.05) is 24.2 Å². The summed E-state index contributed by atoms with van der Waals surface area (Å²) in [4.78, 5) is 0.191. The number of anilines is 1. The average Bonchev–Trinajstić information content (AvgIpc) is 2.77. The maximum atomic E-state index is 12.3. The fourth-order valence-electron chi connectivity index (χ4n) is 1.75. The molecule has 0 saturated carbocycles. The van der Waals surface area contributed by atoms with E-state index in [9.17, 15) is 8.42 Å². The maximum absolute atomic E-state index is 12.3. The Morgan fingerprint density at radius 1 is 1.19 bits per heavy atom. The van der Waals surface area contributed by atoms with Crippen molar-refractivity contribution in [1.29, 1.82) is 0 Å². The second-order valence-corrected chi connectivity index (χ2v) is 6.43. The maximum Gasteiger partial charge on any atom is 0.264 e. The summed E-state index contributed by atoms with van der Waals surface area (Å²) < 4.78 is 31.9. The third kappa shape index (κ3) is 3.62. The summed E-state index contributed by atoms with van der Waals surface area (Å²) in [6.45, 7) is 7.11. The number of hydrogen-bond donors (Lipinski definition) is 2. The molecular weight excluding hydrogens is 290 g/mol. The number of nitrogens with one attached hydrogen (secondary N) is 2. The van der Waals surface area contributed by atoms with Gasteiger partial charge in [-0.15, -0.1) is 0 Å². The van der Waals surface area contributed by atoms with Crippen LogP contribution < -0.4 is 10.0 Å². The first-order valence-corrected chi connectivity index (χ1v) is 8.17. The largest absolute Gasteiger partial charge is 0.337 e. The first kappa shape index (κ1) is 15.5. The van der Waals surface area contributed by atoms with Crippen LogP contribution in [0, 0.1) is 13.8 Å². The molecule has 0 atom stereocenters. The van der Waals surface area contributed by atoms with Crippen LogP contribution in [0.5, 0.6) is 0 Å². The van der Waals surface area contributed by atoms with Gasteiger partial charge in [0.15, 0.2) is 0 Å². The number of sulfonamides is 1. The van der Waals surface area contributed by atoms with Crippen molar-refractivity contribution in [1.82, 2.24) is 10.5 Å². The molecule has 0 amide bonds. The van der Waals surface area contributed by atoms with Crippen LogP contribution in [-0.2, 0) is 16.6 Å². The van der Waals surface area contributed by atoms with Gasteiger partial charge in [0.05, 0.1) is 10.6 Å². The van der Waals surface area contributed by atoms with Crippen LogP contribution in [0.25, 0.3) is 0 Å². The Bertz CT molecular complexity index is 706. The summed E-state index contributed by atoms with van der Waals surface area (Å²) in [7, 11) is -3.66. The molecule has 0 radical (unpaired) electrons. The van der Waals surface area contributed by atoms with Gasteiger partial charge in [-0.3, -0.25) is 0 Å². The molecule has 0 saturated heterocycles. The van der Waals surface area contributed by atoms with Gasteiger partial charge in [0, 0.05) is 12.1 Å². The first-order chi connectivity index (χ1) is 9.94. The van der Waals surface area contributed by atoms with E-state index in [1.54, 1.807) is 38.1 Å². The predicted octanol–water partition coefficient (Wildman–Crippen LogP) is 2.20. The Labute approximate surface area is 124 Å². The van der Waals surface area contributed by atoms with Crippen LogP contribution >= 0.6 is 0 Å². The van der Waals surface area contributed by atoms with Crippen molar-refractivity contribution >= 4 is 15.9 Å². The molecule has 0 unspecified atom stereocenters. The minimum absolute atomic E-state index is 0.157. The third-order valence-electron chi connectivity index (χ3n) is 3.20. The number of aromatic nitrogens is 1. The van der Waals surface area contributed by atoms with Crippen LogP contribution in [0.3, 0.4) is 0 Å². The van der Waals surface area contributed by atoms with E-state index >= 15 is 0 Å². The van der Waals surface area contributed by atoms with E-state index in [1.165, 1.54) is 0 Å². The van der Waals surface area contributed by atoms with Gasteiger partial charge >= 0.3 is 0 Å². The van der Waals surface area contributed by atoms with Gasteiger partial charge in [0.1, 0.15) is 0 Å². The topological polar surface area (TPSA) is 84.2 Å². The van der Waals surface area contributed by atoms with Crippen molar-refractivity contribution in [3.63, 3.8) is 0 Å². The van der Waals surface area contributed by atoms with E-state index < -0.39 is 10.0 Å². The molecule has 2 N–H and O–H groups in total. The van der Waals surface area contributed by atoms with Gasteiger partial charge in [-0.25, -0.2) is 13.1 Å². The molecule has 1 heterocycles. The minimum atomic E-state index is -3.66. The second kappa shape index (κ2) is 6.28. The van der Waals surface area contributed by atoms with Gasteiger partial charge in [0.2, 0.25) is 5.88 Å². The van der Waals surface area contributed by atoms with E-state index in [4.69, 9.17) is 4.52 Å². The Morgan fingerprint density at radius 2 is 1.86 bits per heavy atom. The van der Waals surface area contributed by atoms with Crippen molar-refractivity contribution in [2.75, 3.05) is 11.3 Å². The first-order valence-electron chi connectivity index (χ1n) is 6.69. The lowest BCUT2D eigenvalue weighted by atomic mass is 10.2. The molecule has 0 spiro atoms. The number of benzene rings is 1. The lowest BCUT2D eigenvalue weighted by molar-refractivity contribution is 0.430. The summed E-state index contributed by atoms with van der Waals surface area (Å²) >= 11 is 0. The molecule has 2 aromatic rings. The average molecular weight is 309 g/mol. The zero-order chi connectivity index (χ0) is 15.5. The van der Waals surface area contributed by atoms with Crippen LogP contribution in [-0.4, -0.2) is 20.1 Å². The molecule has 114 valence electrons. The lowest BCUT2D eigenvalue weighted by Crippen LogP contribution is -2.14. The molecule has 0 aliphatic carbocycles. The fraction of sp³-hybridized carbons (Fsp3) is 0.357. The standard InChI is InChI=1S/C14H19N3O3S/c1-4-15-9-12-5-7-13(8-6-12)21(18,19)17-14-10(2)11(3)16-20-14/h5-8,15,17H,4,9H2,1-3H3. The van der Waals surface area contributed by atoms with Crippen molar-refractivity contribution < 1.29 is 12.9 Å². The van der Waals surface area contributed by atoms with Crippen molar-refractivity contribution in [3.05, 3.63) is 41.1 Å². The van der Waals surface area contributed by atoms with Crippen molar-refractivity contribution in [2.45, 2.75) is 32.2 Å². The minimum Gasteiger partial charge on any atom is -0.337 e. The summed E-state index contributed by atoms with van der Waals surface area (Å²) in [5.41, 5.74) is 2.37. The third-order valence-corrected chi connectivity index (χ3v) is 4.54. The molecule has 1 aromatic carbocycles. The highest BCUT2D eigenvalue weighted by atomic mass is 32.2. The van der Waals surface area contributed by atoms with Crippen LogP contribution in [0.1, 0.15) is 23.7 Å². The monoisotopic (exact) mass is 309 g/mol. The Hall–Kier alpha value is -1.86. The molecular formula is C14H19N3O3S. The normalized spacial score (nSPS) is 11.6. The molecule has 2 rings (SSSR count). The van der Waals surface area contributed by atoms with Crippen LogP contribution in [0.4, 0.5) is 5.88 Å². The van der Waals surface area contributed by atoms with E-state index in [1.807, 2.05) is 6.92 Å². The summed E-state index contributed by atoms with van der Waals surface area (Å²) in [5.74, 6) is 0.157. The summed E-state index contributed by atoms with van der Waals surface area (Å²) in [5, 5.41) is 6.92. The quantitative estimate of drug-likeness (QED) is 0.854. The molecule has 0 aliphatic rings. The molecule has 0 bridgehead atoms. The Morgan fingerprint density at radius 3 is 2.38 bits per heavy atom. The molecule has 1 aromatic heterocycles. The zero-order valence-electron chi connectivity index (χ0n) is 12.3. The van der Waals surface area contributed by atoms with E-state index in [-0.39, 0.29) is 10.8 Å². The molecule has 0 aliphatic heterocycles. The second-order valence-electron chi connectivity index (χ2n) is 4.75. The fourth-order valence-corrected chi connectivity index (χ4v) is 2.79. The highest BCUT2D eigenvalue weighted by molar-refractivity contribution is 7.92. The molecule has 6 nitrogen and oxygen atoms in total. The van der Waals surface area contributed by atoms with Crippen molar-refractivity contribution in [3.8, 4) is 0 Å². The highest BCUT2D eigenvalue weighted by Crippen LogP contribution is 2.21. The number of aryl methyl sites for hydroxylation is 1. The SMILES string of the molecule is CCNCc1ccc(S(=O)(=O)Nc2onc(C)c2C)cc1. The van der Waals surface area contributed by atoms with Crippen LogP contribution in [0.2, 0.25) is 0 Å². The van der Waals surface area contributed by atoms with E-state index in [0.29, 0.717) is 17.8 Å². The Kier molecular flexibility index (Phi) is 4.64.